The summed E-state index contributed by atoms with van der Waals surface area (Å²) in [5.41, 5.74) is 1.10. The Hall–Kier alpha value is -2.04. The number of anilines is 1. The molecule has 2 aliphatic rings. The topological polar surface area (TPSA) is 71.4 Å². The Balaban J connectivity index is 1.78. The molecule has 0 aromatic heterocycles. The van der Waals surface area contributed by atoms with E-state index in [4.69, 9.17) is 14.9 Å². The van der Waals surface area contributed by atoms with Gasteiger partial charge in [-0.05, 0) is 49.3 Å². The zero-order chi connectivity index (χ0) is 15.7. The van der Waals surface area contributed by atoms with Crippen molar-refractivity contribution >= 4 is 17.5 Å². The second-order valence-corrected chi connectivity index (χ2v) is 6.23. The standard InChI is InChI=1S/C17H22N2O3/c1-21-15-6-5-12(17(20)22-2)9-14(15)19-16(18)13-8-10-3-4-11(13)7-10/h5-6,9-11,13H,3-4,7-8H2,1-2H3,(H2,18,19). The number of hydrogen-bond donors (Lipinski definition) is 2. The number of methoxy groups -OCH3 is 2. The molecule has 5 heteroatoms. The first-order valence-electron chi connectivity index (χ1n) is 7.74. The van der Waals surface area contributed by atoms with E-state index in [2.05, 4.69) is 5.32 Å². The quantitative estimate of drug-likeness (QED) is 0.508. The highest BCUT2D eigenvalue weighted by Crippen LogP contribution is 2.48. The van der Waals surface area contributed by atoms with Crippen LogP contribution < -0.4 is 10.1 Å². The van der Waals surface area contributed by atoms with Crippen LogP contribution in [0.4, 0.5) is 5.69 Å². The fraction of sp³-hybridized carbons (Fsp3) is 0.529. The van der Waals surface area contributed by atoms with Crippen molar-refractivity contribution in [3.63, 3.8) is 0 Å². The summed E-state index contributed by atoms with van der Waals surface area (Å²) in [6.07, 6.45) is 4.91. The third-order valence-corrected chi connectivity index (χ3v) is 5.00. The Morgan fingerprint density at radius 2 is 2.09 bits per heavy atom. The normalized spacial score (nSPS) is 25.8. The molecule has 3 rings (SSSR count). The first-order chi connectivity index (χ1) is 10.6. The number of amidine groups is 1. The van der Waals surface area contributed by atoms with Crippen LogP contribution in [-0.4, -0.2) is 26.0 Å². The predicted molar refractivity (Wildman–Crippen MR) is 84.6 cm³/mol. The van der Waals surface area contributed by atoms with Gasteiger partial charge in [0.05, 0.1) is 25.5 Å². The van der Waals surface area contributed by atoms with Crippen molar-refractivity contribution in [1.82, 2.24) is 0 Å². The Morgan fingerprint density at radius 1 is 1.27 bits per heavy atom. The minimum atomic E-state index is -0.392. The Bertz CT molecular complexity index is 600. The van der Waals surface area contributed by atoms with Gasteiger partial charge >= 0.3 is 5.97 Å². The summed E-state index contributed by atoms with van der Waals surface area (Å²) >= 11 is 0. The van der Waals surface area contributed by atoms with Crippen molar-refractivity contribution in [1.29, 1.82) is 5.41 Å². The lowest BCUT2D eigenvalue weighted by Crippen LogP contribution is -2.26. The van der Waals surface area contributed by atoms with Gasteiger partial charge in [-0.15, -0.1) is 0 Å². The van der Waals surface area contributed by atoms with E-state index in [0.717, 1.165) is 12.3 Å². The van der Waals surface area contributed by atoms with Crippen LogP contribution >= 0.6 is 0 Å². The summed E-state index contributed by atoms with van der Waals surface area (Å²) < 4.78 is 10.1. The number of nitrogens with one attached hydrogen (secondary N) is 2. The maximum Gasteiger partial charge on any atom is 0.337 e. The maximum atomic E-state index is 11.7. The number of fused-ring (bicyclic) bond motifs is 2. The molecule has 2 aliphatic carbocycles. The van der Waals surface area contributed by atoms with Gasteiger partial charge in [0.1, 0.15) is 11.6 Å². The molecule has 22 heavy (non-hydrogen) atoms. The molecule has 3 unspecified atom stereocenters. The summed E-state index contributed by atoms with van der Waals surface area (Å²) in [6, 6.07) is 5.08. The average Bonchev–Trinajstić information content (AvgIpc) is 3.17. The second-order valence-electron chi connectivity index (χ2n) is 6.23. The summed E-state index contributed by atoms with van der Waals surface area (Å²) in [5.74, 6) is 2.51. The lowest BCUT2D eigenvalue weighted by Gasteiger charge is -2.24. The third kappa shape index (κ3) is 2.67. The van der Waals surface area contributed by atoms with Gasteiger partial charge < -0.3 is 14.8 Å². The van der Waals surface area contributed by atoms with Crippen LogP contribution in [0, 0.1) is 23.2 Å². The molecule has 1 aromatic carbocycles. The molecule has 2 saturated carbocycles. The smallest absolute Gasteiger partial charge is 0.337 e. The molecular weight excluding hydrogens is 280 g/mol. The lowest BCUT2D eigenvalue weighted by atomic mass is 9.88. The number of rotatable bonds is 4. The molecule has 0 aliphatic heterocycles. The van der Waals surface area contributed by atoms with Crippen LogP contribution in [0.25, 0.3) is 0 Å². The molecule has 0 heterocycles. The molecule has 1 aromatic rings. The minimum absolute atomic E-state index is 0.310. The molecule has 0 radical (unpaired) electrons. The summed E-state index contributed by atoms with van der Waals surface area (Å²) in [5, 5.41) is 11.5. The third-order valence-electron chi connectivity index (χ3n) is 5.00. The van der Waals surface area contributed by atoms with Gasteiger partial charge in [-0.3, -0.25) is 5.41 Å². The van der Waals surface area contributed by atoms with Crippen LogP contribution in [0.3, 0.4) is 0 Å². The van der Waals surface area contributed by atoms with Crippen LogP contribution in [-0.2, 0) is 4.74 Å². The summed E-state index contributed by atoms with van der Waals surface area (Å²) in [6.45, 7) is 0. The molecule has 0 spiro atoms. The maximum absolute atomic E-state index is 11.7. The average molecular weight is 302 g/mol. The van der Waals surface area contributed by atoms with Crippen molar-refractivity contribution in [3.8, 4) is 5.75 Å². The molecule has 2 N–H and O–H groups in total. The summed E-state index contributed by atoms with van der Waals surface area (Å²) in [7, 11) is 2.94. The van der Waals surface area contributed by atoms with Crippen molar-refractivity contribution in [3.05, 3.63) is 23.8 Å². The van der Waals surface area contributed by atoms with Gasteiger partial charge in [0.25, 0.3) is 0 Å². The van der Waals surface area contributed by atoms with E-state index in [-0.39, 0.29) is 0 Å². The summed E-state index contributed by atoms with van der Waals surface area (Å²) in [4.78, 5) is 11.7. The Morgan fingerprint density at radius 3 is 2.68 bits per heavy atom. The number of carbonyl (C=O) groups is 1. The molecule has 2 bridgehead atoms. The van der Waals surface area contributed by atoms with E-state index >= 15 is 0 Å². The number of carbonyl (C=O) groups excluding carboxylic acids is 1. The SMILES string of the molecule is COC(=O)c1ccc(OC)c(NC(=N)C2CC3CCC2C3)c1. The van der Waals surface area contributed by atoms with Crippen LogP contribution in [0.5, 0.6) is 5.75 Å². The molecule has 2 fully saturated rings. The van der Waals surface area contributed by atoms with Crippen molar-refractivity contribution in [2.45, 2.75) is 25.7 Å². The van der Waals surface area contributed by atoms with E-state index in [9.17, 15) is 4.79 Å². The monoisotopic (exact) mass is 302 g/mol. The van der Waals surface area contributed by atoms with E-state index in [1.54, 1.807) is 25.3 Å². The second kappa shape index (κ2) is 5.99. The van der Waals surface area contributed by atoms with Crippen LogP contribution in [0.15, 0.2) is 18.2 Å². The fourth-order valence-corrected chi connectivity index (χ4v) is 3.89. The number of ether oxygens (including phenoxy) is 2. The van der Waals surface area contributed by atoms with Gasteiger partial charge in [-0.25, -0.2) is 4.79 Å². The highest BCUT2D eigenvalue weighted by atomic mass is 16.5. The van der Waals surface area contributed by atoms with E-state index in [1.807, 2.05) is 0 Å². The van der Waals surface area contributed by atoms with Gasteiger partial charge in [-0.2, -0.15) is 0 Å². The number of esters is 1. The molecule has 0 saturated heterocycles. The van der Waals surface area contributed by atoms with Gasteiger partial charge in [0, 0.05) is 5.92 Å². The van der Waals surface area contributed by atoms with Crippen LogP contribution in [0.2, 0.25) is 0 Å². The van der Waals surface area contributed by atoms with E-state index in [1.165, 1.54) is 26.4 Å². The van der Waals surface area contributed by atoms with Gasteiger partial charge in [-0.1, -0.05) is 6.42 Å². The molecule has 0 amide bonds. The first kappa shape index (κ1) is 14.9. The molecule has 3 atom stereocenters. The minimum Gasteiger partial charge on any atom is -0.495 e. The highest BCUT2D eigenvalue weighted by Gasteiger charge is 2.41. The molecule has 5 nitrogen and oxygen atoms in total. The van der Waals surface area contributed by atoms with Gasteiger partial charge in [0.2, 0.25) is 0 Å². The van der Waals surface area contributed by atoms with E-state index < -0.39 is 5.97 Å². The highest BCUT2D eigenvalue weighted by molar-refractivity contribution is 5.98. The first-order valence-corrected chi connectivity index (χ1v) is 7.74. The zero-order valence-electron chi connectivity index (χ0n) is 13.0. The molecule has 118 valence electrons. The fourth-order valence-electron chi connectivity index (χ4n) is 3.89. The van der Waals surface area contributed by atoms with E-state index in [0.29, 0.717) is 34.7 Å². The van der Waals surface area contributed by atoms with Gasteiger partial charge in [0.15, 0.2) is 0 Å². The number of benzene rings is 1. The molecular formula is C17H22N2O3. The van der Waals surface area contributed by atoms with Crippen molar-refractivity contribution < 1.29 is 14.3 Å². The van der Waals surface area contributed by atoms with Crippen molar-refractivity contribution in [2.75, 3.05) is 19.5 Å². The Kier molecular flexibility index (Phi) is 4.05. The van der Waals surface area contributed by atoms with Crippen LogP contribution in [0.1, 0.15) is 36.0 Å². The lowest BCUT2D eigenvalue weighted by molar-refractivity contribution is 0.0601. The number of hydrogen-bond acceptors (Lipinski definition) is 4. The Labute approximate surface area is 130 Å². The zero-order valence-corrected chi connectivity index (χ0v) is 13.0. The van der Waals surface area contributed by atoms with Crippen molar-refractivity contribution in [2.24, 2.45) is 17.8 Å². The largest absolute Gasteiger partial charge is 0.495 e. The predicted octanol–water partition coefficient (Wildman–Crippen LogP) is 3.31.